The number of carboxylic acids is 1. The second kappa shape index (κ2) is 7.10. The lowest BCUT2D eigenvalue weighted by atomic mass is 9.83. The first-order valence-electron chi connectivity index (χ1n) is 9.49. The number of hydrogen-bond acceptors (Lipinski definition) is 3. The fraction of sp³-hybridized carbons (Fsp3) is 0.455. The number of rotatable bonds is 8. The first-order chi connectivity index (χ1) is 12.6. The van der Waals surface area contributed by atoms with Crippen LogP contribution in [0.15, 0.2) is 48.8 Å². The minimum Gasteiger partial charge on any atom is -0.493 e. The van der Waals surface area contributed by atoms with Crippen LogP contribution in [0.25, 0.3) is 0 Å². The predicted molar refractivity (Wildman–Crippen MR) is 99.3 cm³/mol. The Bertz CT molecular complexity index is 772. The van der Waals surface area contributed by atoms with Crippen molar-refractivity contribution in [3.63, 3.8) is 0 Å². The Kier molecular flexibility index (Phi) is 4.66. The SMILES string of the molecule is C[C@H](C(=O)O)C(c1cccc(OC[C@H]2C[C@@H]2c2cccnc2)c1)C1CC1. The highest BCUT2D eigenvalue weighted by Crippen LogP contribution is 2.48. The zero-order valence-electron chi connectivity index (χ0n) is 15.0. The molecule has 4 nitrogen and oxygen atoms in total. The quantitative estimate of drug-likeness (QED) is 0.762. The molecule has 0 amide bonds. The Morgan fingerprint density at radius 2 is 2.15 bits per heavy atom. The van der Waals surface area contributed by atoms with Crippen LogP contribution < -0.4 is 4.74 Å². The molecule has 0 spiro atoms. The van der Waals surface area contributed by atoms with Gasteiger partial charge in [0.2, 0.25) is 0 Å². The van der Waals surface area contributed by atoms with E-state index < -0.39 is 5.97 Å². The molecule has 2 aliphatic rings. The van der Waals surface area contributed by atoms with Gasteiger partial charge in [0.25, 0.3) is 0 Å². The lowest BCUT2D eigenvalue weighted by molar-refractivity contribution is -0.142. The Hall–Kier alpha value is -2.36. The second-order valence-electron chi connectivity index (χ2n) is 7.76. The van der Waals surface area contributed by atoms with E-state index in [1.54, 1.807) is 6.20 Å². The summed E-state index contributed by atoms with van der Waals surface area (Å²) in [5, 5.41) is 9.45. The summed E-state index contributed by atoms with van der Waals surface area (Å²) in [6, 6.07) is 12.2. The van der Waals surface area contributed by atoms with E-state index >= 15 is 0 Å². The summed E-state index contributed by atoms with van der Waals surface area (Å²) in [6.07, 6.45) is 7.15. The molecule has 4 rings (SSSR count). The average molecular weight is 351 g/mol. The zero-order valence-corrected chi connectivity index (χ0v) is 15.0. The molecule has 1 N–H and O–H groups in total. The van der Waals surface area contributed by atoms with Crippen molar-refractivity contribution in [3.05, 3.63) is 59.9 Å². The van der Waals surface area contributed by atoms with E-state index in [9.17, 15) is 9.90 Å². The summed E-state index contributed by atoms with van der Waals surface area (Å²) >= 11 is 0. The molecule has 0 bridgehead atoms. The molecule has 1 unspecified atom stereocenters. The molecule has 136 valence electrons. The molecule has 4 heteroatoms. The van der Waals surface area contributed by atoms with Crippen LogP contribution in [0.1, 0.15) is 49.1 Å². The fourth-order valence-corrected chi connectivity index (χ4v) is 4.03. The van der Waals surface area contributed by atoms with Gasteiger partial charge in [-0.05, 0) is 66.3 Å². The fourth-order valence-electron chi connectivity index (χ4n) is 4.03. The van der Waals surface area contributed by atoms with Gasteiger partial charge in [0, 0.05) is 18.3 Å². The molecule has 2 aromatic rings. The van der Waals surface area contributed by atoms with Crippen molar-refractivity contribution in [2.45, 2.75) is 38.0 Å². The van der Waals surface area contributed by atoms with E-state index in [2.05, 4.69) is 11.1 Å². The molecular formula is C22H25NO3. The maximum Gasteiger partial charge on any atom is 0.306 e. The second-order valence-corrected chi connectivity index (χ2v) is 7.76. The lowest BCUT2D eigenvalue weighted by Crippen LogP contribution is -2.20. The summed E-state index contributed by atoms with van der Waals surface area (Å²) in [7, 11) is 0. The van der Waals surface area contributed by atoms with Gasteiger partial charge in [-0.25, -0.2) is 0 Å². The molecule has 1 aromatic heterocycles. The maximum atomic E-state index is 11.5. The highest BCUT2D eigenvalue weighted by atomic mass is 16.5. The van der Waals surface area contributed by atoms with E-state index in [0.29, 0.717) is 24.4 Å². The van der Waals surface area contributed by atoms with Crippen molar-refractivity contribution in [2.24, 2.45) is 17.8 Å². The molecule has 0 aliphatic heterocycles. The molecule has 4 atom stereocenters. The van der Waals surface area contributed by atoms with Gasteiger partial charge in [-0.2, -0.15) is 0 Å². The van der Waals surface area contributed by atoms with E-state index in [0.717, 1.165) is 30.6 Å². The van der Waals surface area contributed by atoms with Crippen molar-refractivity contribution < 1.29 is 14.6 Å². The van der Waals surface area contributed by atoms with Gasteiger partial charge >= 0.3 is 5.97 Å². The minimum atomic E-state index is -0.717. The molecule has 2 aliphatic carbocycles. The molecule has 0 saturated heterocycles. The minimum absolute atomic E-state index is 0.0834. The Balaban J connectivity index is 1.39. The number of benzene rings is 1. The third-order valence-electron chi connectivity index (χ3n) is 5.80. The number of carboxylic acid groups (broad SMARTS) is 1. The topological polar surface area (TPSA) is 59.4 Å². The van der Waals surface area contributed by atoms with Gasteiger partial charge in [-0.15, -0.1) is 0 Å². The average Bonchev–Trinajstić information content (AvgIpc) is 3.56. The van der Waals surface area contributed by atoms with Crippen molar-refractivity contribution in [1.82, 2.24) is 4.98 Å². The van der Waals surface area contributed by atoms with Crippen molar-refractivity contribution >= 4 is 5.97 Å². The highest BCUT2D eigenvalue weighted by Gasteiger charge is 2.40. The van der Waals surface area contributed by atoms with Crippen LogP contribution in [0.5, 0.6) is 5.75 Å². The van der Waals surface area contributed by atoms with Gasteiger partial charge in [0.1, 0.15) is 5.75 Å². The summed E-state index contributed by atoms with van der Waals surface area (Å²) in [4.78, 5) is 15.7. The van der Waals surface area contributed by atoms with Gasteiger partial charge in [0.05, 0.1) is 12.5 Å². The largest absolute Gasteiger partial charge is 0.493 e. The Labute approximate surface area is 154 Å². The Morgan fingerprint density at radius 3 is 2.85 bits per heavy atom. The van der Waals surface area contributed by atoms with Crippen LogP contribution in [0.4, 0.5) is 0 Å². The van der Waals surface area contributed by atoms with E-state index in [4.69, 9.17) is 4.74 Å². The van der Waals surface area contributed by atoms with Crippen LogP contribution in [0.3, 0.4) is 0 Å². The van der Waals surface area contributed by atoms with Crippen LogP contribution >= 0.6 is 0 Å². The number of hydrogen-bond donors (Lipinski definition) is 1. The van der Waals surface area contributed by atoms with Crippen LogP contribution in [-0.4, -0.2) is 22.7 Å². The van der Waals surface area contributed by atoms with Crippen LogP contribution in [0.2, 0.25) is 0 Å². The first-order valence-corrected chi connectivity index (χ1v) is 9.49. The van der Waals surface area contributed by atoms with E-state index in [1.807, 2.05) is 43.5 Å². The predicted octanol–water partition coefficient (Wildman–Crippen LogP) is 4.48. The van der Waals surface area contributed by atoms with Crippen molar-refractivity contribution in [3.8, 4) is 5.75 Å². The van der Waals surface area contributed by atoms with Crippen molar-refractivity contribution in [1.29, 1.82) is 0 Å². The third kappa shape index (κ3) is 3.74. The molecule has 2 saturated carbocycles. The van der Waals surface area contributed by atoms with Crippen LogP contribution in [-0.2, 0) is 4.79 Å². The normalized spacial score (nSPS) is 23.9. The van der Waals surface area contributed by atoms with Gasteiger partial charge < -0.3 is 9.84 Å². The Morgan fingerprint density at radius 1 is 1.31 bits per heavy atom. The third-order valence-corrected chi connectivity index (χ3v) is 5.80. The molecule has 1 heterocycles. The molecule has 0 radical (unpaired) electrons. The van der Waals surface area contributed by atoms with Gasteiger partial charge in [-0.1, -0.05) is 25.1 Å². The summed E-state index contributed by atoms with van der Waals surface area (Å²) in [5.74, 6) is 1.44. The number of carbonyl (C=O) groups is 1. The highest BCUT2D eigenvalue weighted by molar-refractivity contribution is 5.71. The summed E-state index contributed by atoms with van der Waals surface area (Å²) < 4.78 is 6.05. The summed E-state index contributed by atoms with van der Waals surface area (Å²) in [6.45, 7) is 2.52. The number of pyridine rings is 1. The van der Waals surface area contributed by atoms with E-state index in [1.165, 1.54) is 5.56 Å². The number of aliphatic carboxylic acids is 1. The monoisotopic (exact) mass is 351 g/mol. The first kappa shape index (κ1) is 17.1. The smallest absolute Gasteiger partial charge is 0.306 e. The van der Waals surface area contributed by atoms with Crippen LogP contribution in [0, 0.1) is 17.8 Å². The molecule has 26 heavy (non-hydrogen) atoms. The standard InChI is InChI=1S/C22H25NO3/c1-14(22(24)25)21(15-7-8-15)16-4-2-6-19(10-16)26-13-18-11-20(18)17-5-3-9-23-12-17/h2-6,9-10,12,14-15,18,20-21H,7-8,11,13H2,1H3,(H,24,25)/t14-,18+,20+,21?/m0/s1. The van der Waals surface area contributed by atoms with E-state index in [-0.39, 0.29) is 11.8 Å². The molecular weight excluding hydrogens is 326 g/mol. The van der Waals surface area contributed by atoms with Crippen molar-refractivity contribution in [2.75, 3.05) is 6.61 Å². The number of nitrogens with zero attached hydrogens (tertiary/aromatic N) is 1. The lowest BCUT2D eigenvalue weighted by Gasteiger charge is -2.21. The summed E-state index contributed by atoms with van der Waals surface area (Å²) in [5.41, 5.74) is 2.39. The maximum absolute atomic E-state index is 11.5. The molecule has 2 fully saturated rings. The zero-order chi connectivity index (χ0) is 18.1. The van der Waals surface area contributed by atoms with Gasteiger partial charge in [-0.3, -0.25) is 9.78 Å². The molecule has 1 aromatic carbocycles. The number of ether oxygens (including phenoxy) is 1. The van der Waals surface area contributed by atoms with Gasteiger partial charge in [0.15, 0.2) is 0 Å². The number of aromatic nitrogens is 1.